The van der Waals surface area contributed by atoms with Crippen molar-refractivity contribution in [3.05, 3.63) is 29.8 Å². The second-order valence-corrected chi connectivity index (χ2v) is 4.20. The van der Waals surface area contributed by atoms with Crippen molar-refractivity contribution < 1.29 is 9.47 Å². The minimum Gasteiger partial charge on any atom is -0.494 e. The van der Waals surface area contributed by atoms with Crippen LogP contribution in [0.5, 0.6) is 5.75 Å². The van der Waals surface area contributed by atoms with Crippen molar-refractivity contribution in [2.24, 2.45) is 0 Å². The third-order valence-corrected chi connectivity index (χ3v) is 2.85. The summed E-state index contributed by atoms with van der Waals surface area (Å²) >= 11 is 0. The molecule has 0 aliphatic rings. The molecular formula is C15H25NO2. The average molecular weight is 251 g/mol. The molecule has 1 rings (SSSR count). The summed E-state index contributed by atoms with van der Waals surface area (Å²) in [6.07, 6.45) is 0.145. The van der Waals surface area contributed by atoms with Gasteiger partial charge >= 0.3 is 0 Å². The quantitative estimate of drug-likeness (QED) is 0.770. The van der Waals surface area contributed by atoms with E-state index in [9.17, 15) is 0 Å². The van der Waals surface area contributed by atoms with E-state index in [-0.39, 0.29) is 12.1 Å². The van der Waals surface area contributed by atoms with Crippen LogP contribution in [-0.4, -0.2) is 25.9 Å². The molecule has 1 aromatic rings. The van der Waals surface area contributed by atoms with Gasteiger partial charge in [0.25, 0.3) is 0 Å². The first-order valence-electron chi connectivity index (χ1n) is 6.80. The highest BCUT2D eigenvalue weighted by molar-refractivity contribution is 5.31. The molecule has 0 aromatic heterocycles. The summed E-state index contributed by atoms with van der Waals surface area (Å²) in [4.78, 5) is 0. The first-order chi connectivity index (χ1) is 8.72. The Hall–Kier alpha value is -1.06. The fourth-order valence-electron chi connectivity index (χ4n) is 2.10. The maximum Gasteiger partial charge on any atom is 0.119 e. The van der Waals surface area contributed by atoms with Gasteiger partial charge in [-0.15, -0.1) is 0 Å². The van der Waals surface area contributed by atoms with Crippen LogP contribution in [0.4, 0.5) is 0 Å². The Bertz CT molecular complexity index is 341. The lowest BCUT2D eigenvalue weighted by Gasteiger charge is -2.25. The number of likely N-dealkylation sites (N-methyl/N-ethyl adjacent to an activating group) is 1. The van der Waals surface area contributed by atoms with Gasteiger partial charge in [0.05, 0.1) is 18.8 Å². The Labute approximate surface area is 110 Å². The molecule has 2 unspecified atom stereocenters. The van der Waals surface area contributed by atoms with Crippen LogP contribution in [0, 0.1) is 0 Å². The fraction of sp³-hybridized carbons (Fsp3) is 0.600. The average Bonchev–Trinajstić information content (AvgIpc) is 2.37. The SMILES string of the molecule is CCNC(c1cccc(OCC)c1)C(C)OCC. The highest BCUT2D eigenvalue weighted by Crippen LogP contribution is 2.23. The van der Waals surface area contributed by atoms with E-state index in [0.29, 0.717) is 6.61 Å². The third kappa shape index (κ3) is 4.31. The van der Waals surface area contributed by atoms with E-state index in [1.165, 1.54) is 5.56 Å². The van der Waals surface area contributed by atoms with Crippen LogP contribution >= 0.6 is 0 Å². The van der Waals surface area contributed by atoms with E-state index in [1.54, 1.807) is 0 Å². The molecule has 102 valence electrons. The van der Waals surface area contributed by atoms with Gasteiger partial charge in [0.15, 0.2) is 0 Å². The molecule has 0 heterocycles. The van der Waals surface area contributed by atoms with Crippen LogP contribution in [0.3, 0.4) is 0 Å². The van der Waals surface area contributed by atoms with E-state index in [4.69, 9.17) is 9.47 Å². The summed E-state index contributed by atoms with van der Waals surface area (Å²) in [5.41, 5.74) is 1.21. The van der Waals surface area contributed by atoms with Gasteiger partial charge in [0.1, 0.15) is 5.75 Å². The summed E-state index contributed by atoms with van der Waals surface area (Å²) < 4.78 is 11.3. The molecule has 0 fully saturated rings. The predicted octanol–water partition coefficient (Wildman–Crippen LogP) is 3.16. The van der Waals surface area contributed by atoms with Crippen LogP contribution in [-0.2, 0) is 4.74 Å². The Kier molecular flexibility index (Phi) is 6.76. The maximum atomic E-state index is 5.71. The largest absolute Gasteiger partial charge is 0.494 e. The lowest BCUT2D eigenvalue weighted by molar-refractivity contribution is 0.0476. The Balaban J connectivity index is 2.86. The van der Waals surface area contributed by atoms with Crippen LogP contribution < -0.4 is 10.1 Å². The first-order valence-corrected chi connectivity index (χ1v) is 6.80. The summed E-state index contributed by atoms with van der Waals surface area (Å²) in [6, 6.07) is 8.43. The van der Waals surface area contributed by atoms with Crippen molar-refractivity contribution >= 4 is 0 Å². The molecule has 2 atom stereocenters. The predicted molar refractivity (Wildman–Crippen MR) is 75.1 cm³/mol. The molecule has 18 heavy (non-hydrogen) atoms. The zero-order valence-corrected chi connectivity index (χ0v) is 11.9. The van der Waals surface area contributed by atoms with E-state index in [2.05, 4.69) is 31.3 Å². The summed E-state index contributed by atoms with van der Waals surface area (Å²) in [5, 5.41) is 3.47. The topological polar surface area (TPSA) is 30.5 Å². The Morgan fingerprint density at radius 2 is 1.94 bits per heavy atom. The van der Waals surface area contributed by atoms with Gasteiger partial charge in [0, 0.05) is 6.61 Å². The molecule has 0 saturated heterocycles. The number of benzene rings is 1. The molecule has 0 amide bonds. The highest BCUT2D eigenvalue weighted by Gasteiger charge is 2.18. The Morgan fingerprint density at radius 1 is 1.17 bits per heavy atom. The van der Waals surface area contributed by atoms with E-state index in [0.717, 1.165) is 18.9 Å². The number of rotatable bonds is 8. The van der Waals surface area contributed by atoms with Gasteiger partial charge < -0.3 is 14.8 Å². The van der Waals surface area contributed by atoms with Crippen molar-refractivity contribution in [3.63, 3.8) is 0 Å². The van der Waals surface area contributed by atoms with Gasteiger partial charge in [-0.05, 0) is 45.0 Å². The molecular weight excluding hydrogens is 226 g/mol. The van der Waals surface area contributed by atoms with E-state index >= 15 is 0 Å². The molecule has 3 nitrogen and oxygen atoms in total. The van der Waals surface area contributed by atoms with Gasteiger partial charge in [-0.25, -0.2) is 0 Å². The first kappa shape index (κ1) is 15.0. The Morgan fingerprint density at radius 3 is 2.56 bits per heavy atom. The summed E-state index contributed by atoms with van der Waals surface area (Å²) in [6.45, 7) is 10.6. The lowest BCUT2D eigenvalue weighted by atomic mass is 10.0. The minimum atomic E-state index is 0.145. The number of nitrogens with one attached hydrogen (secondary N) is 1. The van der Waals surface area contributed by atoms with Crippen molar-refractivity contribution in [3.8, 4) is 5.75 Å². The molecule has 0 aliphatic carbocycles. The van der Waals surface area contributed by atoms with Crippen molar-refractivity contribution in [2.45, 2.75) is 39.8 Å². The number of hydrogen-bond acceptors (Lipinski definition) is 3. The standard InChI is InChI=1S/C15H25NO2/c1-5-16-15(12(4)17-6-2)13-9-8-10-14(11-13)18-7-3/h8-12,15-16H,5-7H2,1-4H3. The highest BCUT2D eigenvalue weighted by atomic mass is 16.5. The zero-order valence-electron chi connectivity index (χ0n) is 11.9. The second-order valence-electron chi connectivity index (χ2n) is 4.20. The summed E-state index contributed by atoms with van der Waals surface area (Å²) in [5.74, 6) is 0.918. The van der Waals surface area contributed by atoms with Crippen LogP contribution in [0.25, 0.3) is 0 Å². The molecule has 0 spiro atoms. The van der Waals surface area contributed by atoms with E-state index < -0.39 is 0 Å². The van der Waals surface area contributed by atoms with Crippen LogP contribution in [0.2, 0.25) is 0 Å². The van der Waals surface area contributed by atoms with Crippen LogP contribution in [0.15, 0.2) is 24.3 Å². The van der Waals surface area contributed by atoms with Crippen molar-refractivity contribution in [1.82, 2.24) is 5.32 Å². The normalized spacial score (nSPS) is 14.2. The van der Waals surface area contributed by atoms with E-state index in [1.807, 2.05) is 26.0 Å². The second kappa shape index (κ2) is 8.11. The molecule has 0 saturated carbocycles. The molecule has 3 heteroatoms. The third-order valence-electron chi connectivity index (χ3n) is 2.85. The molecule has 1 aromatic carbocycles. The van der Waals surface area contributed by atoms with Gasteiger partial charge in [0.2, 0.25) is 0 Å². The number of hydrogen-bond donors (Lipinski definition) is 1. The number of ether oxygens (including phenoxy) is 2. The zero-order chi connectivity index (χ0) is 13.4. The van der Waals surface area contributed by atoms with Gasteiger partial charge in [-0.1, -0.05) is 19.1 Å². The molecule has 0 bridgehead atoms. The van der Waals surface area contributed by atoms with Crippen molar-refractivity contribution in [2.75, 3.05) is 19.8 Å². The molecule has 1 N–H and O–H groups in total. The fourth-order valence-corrected chi connectivity index (χ4v) is 2.10. The lowest BCUT2D eigenvalue weighted by Crippen LogP contribution is -2.32. The molecule has 0 radical (unpaired) electrons. The minimum absolute atomic E-state index is 0.145. The maximum absolute atomic E-state index is 5.71. The van der Waals surface area contributed by atoms with Crippen LogP contribution in [0.1, 0.15) is 39.3 Å². The van der Waals surface area contributed by atoms with Gasteiger partial charge in [-0.2, -0.15) is 0 Å². The monoisotopic (exact) mass is 251 g/mol. The van der Waals surface area contributed by atoms with Gasteiger partial charge in [-0.3, -0.25) is 0 Å². The molecule has 0 aliphatic heterocycles. The smallest absolute Gasteiger partial charge is 0.119 e. The summed E-state index contributed by atoms with van der Waals surface area (Å²) in [7, 11) is 0. The van der Waals surface area contributed by atoms with Crippen molar-refractivity contribution in [1.29, 1.82) is 0 Å².